The van der Waals surface area contributed by atoms with Gasteiger partial charge < -0.3 is 22.1 Å². The van der Waals surface area contributed by atoms with Gasteiger partial charge in [-0.3, -0.25) is 14.4 Å². The van der Waals surface area contributed by atoms with Crippen molar-refractivity contribution in [1.29, 1.82) is 0 Å². The SMILES string of the molecule is NC(=O)CNC(=O)c1ccc(CNC(=O)C2C3CCC(C3)C2N)cc1. The number of fused-ring (bicyclic) bond motifs is 2. The highest BCUT2D eigenvalue weighted by atomic mass is 16.2. The van der Waals surface area contributed by atoms with E-state index in [1.807, 2.05) is 0 Å². The number of nitrogens with two attached hydrogens (primary N) is 2. The molecule has 134 valence electrons. The summed E-state index contributed by atoms with van der Waals surface area (Å²) in [5, 5.41) is 5.39. The number of benzene rings is 1. The van der Waals surface area contributed by atoms with Crippen molar-refractivity contribution < 1.29 is 14.4 Å². The maximum atomic E-state index is 12.4. The third kappa shape index (κ3) is 3.82. The van der Waals surface area contributed by atoms with Crippen LogP contribution in [0.3, 0.4) is 0 Å². The van der Waals surface area contributed by atoms with E-state index in [2.05, 4.69) is 10.6 Å². The van der Waals surface area contributed by atoms with Gasteiger partial charge in [-0.15, -0.1) is 0 Å². The molecule has 2 bridgehead atoms. The number of nitrogens with one attached hydrogen (secondary N) is 2. The lowest BCUT2D eigenvalue weighted by molar-refractivity contribution is -0.127. The van der Waals surface area contributed by atoms with Gasteiger partial charge in [0.05, 0.1) is 12.5 Å². The highest BCUT2D eigenvalue weighted by molar-refractivity contribution is 5.96. The maximum absolute atomic E-state index is 12.4. The molecule has 2 saturated carbocycles. The number of amides is 3. The average molecular weight is 344 g/mol. The predicted octanol–water partition coefficient (Wildman–Crippen LogP) is -0.109. The molecule has 3 amide bonds. The van der Waals surface area contributed by atoms with Crippen LogP contribution in [0.4, 0.5) is 0 Å². The minimum Gasteiger partial charge on any atom is -0.368 e. The molecule has 7 nitrogen and oxygen atoms in total. The van der Waals surface area contributed by atoms with Crippen LogP contribution >= 0.6 is 0 Å². The topological polar surface area (TPSA) is 127 Å². The minimum absolute atomic E-state index is 0.0184. The molecule has 0 spiro atoms. The summed E-state index contributed by atoms with van der Waals surface area (Å²) in [7, 11) is 0. The van der Waals surface area contributed by atoms with Gasteiger partial charge in [0.25, 0.3) is 5.91 Å². The Bertz CT molecular complexity index is 671. The summed E-state index contributed by atoms with van der Waals surface area (Å²) in [6.45, 7) is 0.211. The summed E-state index contributed by atoms with van der Waals surface area (Å²) in [5.41, 5.74) is 12.5. The van der Waals surface area contributed by atoms with Gasteiger partial charge in [-0.05, 0) is 48.8 Å². The molecule has 2 aliphatic rings. The third-order valence-electron chi connectivity index (χ3n) is 5.39. The Hall–Kier alpha value is -2.41. The maximum Gasteiger partial charge on any atom is 0.251 e. The Labute approximate surface area is 146 Å². The first-order valence-electron chi connectivity index (χ1n) is 8.64. The summed E-state index contributed by atoms with van der Waals surface area (Å²) >= 11 is 0. The fourth-order valence-corrected chi connectivity index (χ4v) is 4.08. The van der Waals surface area contributed by atoms with Crippen molar-refractivity contribution in [3.8, 4) is 0 Å². The highest BCUT2D eigenvalue weighted by Gasteiger charge is 2.48. The van der Waals surface area contributed by atoms with E-state index in [-0.39, 0.29) is 30.3 Å². The zero-order valence-corrected chi connectivity index (χ0v) is 14.0. The fourth-order valence-electron chi connectivity index (χ4n) is 4.08. The molecule has 0 aromatic heterocycles. The highest BCUT2D eigenvalue weighted by Crippen LogP contribution is 2.47. The van der Waals surface area contributed by atoms with Crippen molar-refractivity contribution in [3.63, 3.8) is 0 Å². The standard InChI is InChI=1S/C18H24N4O3/c19-14(23)9-22-17(24)11-3-1-10(2-4-11)8-21-18(25)15-12-5-6-13(7-12)16(15)20/h1-4,12-13,15-16H,5-9,20H2,(H2,19,23)(H,21,25)(H,22,24). The van der Waals surface area contributed by atoms with Crippen molar-refractivity contribution in [2.45, 2.75) is 31.8 Å². The number of hydrogen-bond acceptors (Lipinski definition) is 4. The number of rotatable bonds is 6. The van der Waals surface area contributed by atoms with Gasteiger partial charge in [-0.25, -0.2) is 0 Å². The van der Waals surface area contributed by atoms with E-state index in [9.17, 15) is 14.4 Å². The van der Waals surface area contributed by atoms with E-state index in [1.165, 1.54) is 0 Å². The minimum atomic E-state index is -0.591. The number of carbonyl (C=O) groups excluding carboxylic acids is 3. The van der Waals surface area contributed by atoms with Gasteiger partial charge in [0, 0.05) is 18.2 Å². The Kier molecular flexibility index (Phi) is 5.03. The van der Waals surface area contributed by atoms with Gasteiger partial charge in [0.1, 0.15) is 0 Å². The molecule has 2 fully saturated rings. The first kappa shape index (κ1) is 17.4. The molecular formula is C18H24N4O3. The fraction of sp³-hybridized carbons (Fsp3) is 0.500. The normalized spacial score (nSPS) is 27.1. The van der Waals surface area contributed by atoms with E-state index in [0.717, 1.165) is 24.8 Å². The van der Waals surface area contributed by atoms with Gasteiger partial charge >= 0.3 is 0 Å². The van der Waals surface area contributed by atoms with Crippen LogP contribution in [0.2, 0.25) is 0 Å². The largest absolute Gasteiger partial charge is 0.368 e. The van der Waals surface area contributed by atoms with Crippen LogP contribution in [0.15, 0.2) is 24.3 Å². The molecule has 0 heterocycles. The zero-order valence-electron chi connectivity index (χ0n) is 14.0. The average Bonchev–Trinajstić information content (AvgIpc) is 3.19. The first-order valence-corrected chi connectivity index (χ1v) is 8.64. The molecule has 1 aromatic rings. The second kappa shape index (κ2) is 7.23. The van der Waals surface area contributed by atoms with Crippen LogP contribution in [0.25, 0.3) is 0 Å². The first-order chi connectivity index (χ1) is 12.0. The number of carbonyl (C=O) groups is 3. The number of hydrogen-bond donors (Lipinski definition) is 4. The van der Waals surface area contributed by atoms with Gasteiger partial charge in [0.2, 0.25) is 11.8 Å². The molecule has 0 saturated heterocycles. The van der Waals surface area contributed by atoms with Gasteiger partial charge in [0.15, 0.2) is 0 Å². The molecular weight excluding hydrogens is 320 g/mol. The zero-order chi connectivity index (χ0) is 18.0. The molecule has 4 atom stereocenters. The molecule has 0 radical (unpaired) electrons. The lowest BCUT2D eigenvalue weighted by Gasteiger charge is -2.27. The second-order valence-electron chi connectivity index (χ2n) is 7.00. The monoisotopic (exact) mass is 344 g/mol. The van der Waals surface area contributed by atoms with Gasteiger partial charge in [-0.2, -0.15) is 0 Å². The lowest BCUT2D eigenvalue weighted by atomic mass is 9.84. The molecule has 6 N–H and O–H groups in total. The molecule has 1 aromatic carbocycles. The lowest BCUT2D eigenvalue weighted by Crippen LogP contribution is -2.45. The van der Waals surface area contributed by atoms with Crippen molar-refractivity contribution in [3.05, 3.63) is 35.4 Å². The van der Waals surface area contributed by atoms with Crippen molar-refractivity contribution in [2.75, 3.05) is 6.54 Å². The molecule has 2 aliphatic carbocycles. The second-order valence-corrected chi connectivity index (χ2v) is 7.00. The van der Waals surface area contributed by atoms with Crippen molar-refractivity contribution >= 4 is 17.7 Å². The van der Waals surface area contributed by atoms with Crippen molar-refractivity contribution in [2.24, 2.45) is 29.2 Å². The van der Waals surface area contributed by atoms with E-state index >= 15 is 0 Å². The van der Waals surface area contributed by atoms with Crippen LogP contribution in [-0.4, -0.2) is 30.3 Å². The summed E-state index contributed by atoms with van der Waals surface area (Å²) < 4.78 is 0. The van der Waals surface area contributed by atoms with Crippen LogP contribution in [-0.2, 0) is 16.1 Å². The summed E-state index contributed by atoms with van der Waals surface area (Å²) in [6.07, 6.45) is 3.33. The Balaban J connectivity index is 1.51. The molecule has 7 heteroatoms. The van der Waals surface area contributed by atoms with Crippen LogP contribution in [0.1, 0.15) is 35.2 Å². The van der Waals surface area contributed by atoms with E-state index < -0.39 is 5.91 Å². The Morgan fingerprint density at radius 1 is 1.04 bits per heavy atom. The van der Waals surface area contributed by atoms with Crippen LogP contribution in [0, 0.1) is 17.8 Å². The molecule has 25 heavy (non-hydrogen) atoms. The van der Waals surface area contributed by atoms with Crippen molar-refractivity contribution in [1.82, 2.24) is 10.6 Å². The summed E-state index contributed by atoms with van der Waals surface area (Å²) in [5.74, 6) is -0.0651. The van der Waals surface area contributed by atoms with Crippen LogP contribution < -0.4 is 22.1 Å². The molecule has 3 rings (SSSR count). The summed E-state index contributed by atoms with van der Waals surface area (Å²) in [6, 6.07) is 6.85. The van der Waals surface area contributed by atoms with E-state index in [1.54, 1.807) is 24.3 Å². The quantitative estimate of drug-likeness (QED) is 0.574. The summed E-state index contributed by atoms with van der Waals surface area (Å²) in [4.78, 5) is 34.9. The smallest absolute Gasteiger partial charge is 0.251 e. The third-order valence-corrected chi connectivity index (χ3v) is 5.39. The van der Waals surface area contributed by atoms with Gasteiger partial charge in [-0.1, -0.05) is 12.1 Å². The molecule has 0 aliphatic heterocycles. The molecule has 4 unspecified atom stereocenters. The van der Waals surface area contributed by atoms with E-state index in [0.29, 0.717) is 23.9 Å². The Morgan fingerprint density at radius 3 is 2.32 bits per heavy atom. The number of primary amides is 1. The predicted molar refractivity (Wildman–Crippen MR) is 92.1 cm³/mol. The Morgan fingerprint density at radius 2 is 1.72 bits per heavy atom. The van der Waals surface area contributed by atoms with E-state index in [4.69, 9.17) is 11.5 Å². The van der Waals surface area contributed by atoms with Crippen LogP contribution in [0.5, 0.6) is 0 Å².